The van der Waals surface area contributed by atoms with E-state index in [1.807, 2.05) is 19.2 Å². The van der Waals surface area contributed by atoms with Gasteiger partial charge in [0.15, 0.2) is 5.96 Å². The lowest BCUT2D eigenvalue weighted by atomic mass is 10.0. The zero-order chi connectivity index (χ0) is 15.2. The first-order chi connectivity index (χ1) is 10.9. The van der Waals surface area contributed by atoms with Gasteiger partial charge in [-0.1, -0.05) is 18.2 Å². The van der Waals surface area contributed by atoms with Gasteiger partial charge in [0.1, 0.15) is 5.75 Å². The molecule has 120 valence electrons. The molecule has 1 atom stereocenters. The Kier molecular flexibility index (Phi) is 5.48. The minimum absolute atomic E-state index is 0.276. The Hall–Kier alpha value is -1.36. The molecule has 1 unspecified atom stereocenters. The first-order valence-corrected chi connectivity index (χ1v) is 9.29. The predicted octanol–water partition coefficient (Wildman–Crippen LogP) is 2.82. The van der Waals surface area contributed by atoms with Gasteiger partial charge in [-0.2, -0.15) is 11.8 Å². The molecular weight excluding hydrogens is 294 g/mol. The molecule has 2 heterocycles. The van der Waals surface area contributed by atoms with Crippen LogP contribution in [0.3, 0.4) is 0 Å². The number of aliphatic imine (C=N–C) groups is 1. The number of fused-ring (bicyclic) bond motifs is 1. The van der Waals surface area contributed by atoms with Crippen LogP contribution < -0.4 is 15.4 Å². The van der Waals surface area contributed by atoms with Crippen LogP contribution in [-0.4, -0.2) is 37.7 Å². The summed E-state index contributed by atoms with van der Waals surface area (Å²) >= 11 is 2.07. The average molecular weight is 319 g/mol. The lowest BCUT2D eigenvalue weighted by molar-refractivity contribution is 0.261. The van der Waals surface area contributed by atoms with Crippen molar-refractivity contribution in [3.05, 3.63) is 29.8 Å². The third-order valence-electron chi connectivity index (χ3n) is 4.39. The van der Waals surface area contributed by atoms with Crippen molar-refractivity contribution in [2.24, 2.45) is 10.9 Å². The first-order valence-electron chi connectivity index (χ1n) is 8.13. The third kappa shape index (κ3) is 3.88. The van der Waals surface area contributed by atoms with E-state index in [4.69, 9.17) is 4.74 Å². The molecule has 22 heavy (non-hydrogen) atoms. The molecule has 3 rings (SSSR count). The quantitative estimate of drug-likeness (QED) is 0.664. The minimum Gasteiger partial charge on any atom is -0.493 e. The zero-order valence-electron chi connectivity index (χ0n) is 13.2. The Labute approximate surface area is 137 Å². The summed E-state index contributed by atoms with van der Waals surface area (Å²) in [7, 11) is 1.84. The number of benzene rings is 1. The van der Waals surface area contributed by atoms with Crippen LogP contribution in [0.1, 0.15) is 30.9 Å². The lowest BCUT2D eigenvalue weighted by Gasteiger charge is -2.29. The second kappa shape index (κ2) is 7.77. The van der Waals surface area contributed by atoms with Gasteiger partial charge in [0.25, 0.3) is 0 Å². The van der Waals surface area contributed by atoms with Crippen molar-refractivity contribution in [1.29, 1.82) is 0 Å². The summed E-state index contributed by atoms with van der Waals surface area (Å²) in [5, 5.41) is 7.06. The second-order valence-electron chi connectivity index (χ2n) is 5.88. The second-order valence-corrected chi connectivity index (χ2v) is 7.11. The number of hydrogen-bond donors (Lipinski definition) is 2. The highest BCUT2D eigenvalue weighted by atomic mass is 32.2. The van der Waals surface area contributed by atoms with Crippen LogP contribution in [0.2, 0.25) is 0 Å². The Morgan fingerprint density at radius 1 is 1.27 bits per heavy atom. The monoisotopic (exact) mass is 319 g/mol. The van der Waals surface area contributed by atoms with Gasteiger partial charge in [0, 0.05) is 25.6 Å². The maximum absolute atomic E-state index is 5.72. The molecular formula is C17H25N3OS. The number of nitrogens with one attached hydrogen (secondary N) is 2. The Morgan fingerprint density at radius 2 is 2.09 bits per heavy atom. The van der Waals surface area contributed by atoms with Crippen LogP contribution in [0.15, 0.2) is 29.3 Å². The summed E-state index contributed by atoms with van der Waals surface area (Å²) in [5.41, 5.74) is 1.23. The van der Waals surface area contributed by atoms with Crippen molar-refractivity contribution >= 4 is 17.7 Å². The van der Waals surface area contributed by atoms with Crippen molar-refractivity contribution < 1.29 is 4.74 Å². The van der Waals surface area contributed by atoms with E-state index in [0.717, 1.165) is 37.2 Å². The van der Waals surface area contributed by atoms with E-state index in [9.17, 15) is 0 Å². The van der Waals surface area contributed by atoms with E-state index in [1.54, 1.807) is 0 Å². The summed E-state index contributed by atoms with van der Waals surface area (Å²) < 4.78 is 5.72. The molecule has 0 aromatic heterocycles. The van der Waals surface area contributed by atoms with Crippen molar-refractivity contribution in [2.45, 2.75) is 25.3 Å². The number of ether oxygens (including phenoxy) is 1. The highest BCUT2D eigenvalue weighted by Crippen LogP contribution is 2.31. The lowest BCUT2D eigenvalue weighted by Crippen LogP contribution is -2.43. The molecule has 0 amide bonds. The molecule has 2 N–H and O–H groups in total. The predicted molar refractivity (Wildman–Crippen MR) is 93.8 cm³/mol. The molecule has 2 aliphatic rings. The van der Waals surface area contributed by atoms with Crippen LogP contribution in [0.25, 0.3) is 0 Å². The SMILES string of the molecule is CN=C(NCC1CCSCC1)NC1CCOc2ccccc21. The van der Waals surface area contributed by atoms with Gasteiger partial charge in [0.2, 0.25) is 0 Å². The number of rotatable bonds is 3. The fourth-order valence-electron chi connectivity index (χ4n) is 3.04. The average Bonchev–Trinajstić information content (AvgIpc) is 2.59. The number of thioether (sulfide) groups is 1. The first kappa shape index (κ1) is 15.5. The molecule has 5 heteroatoms. The van der Waals surface area contributed by atoms with Gasteiger partial charge in [-0.3, -0.25) is 4.99 Å². The summed E-state index contributed by atoms with van der Waals surface area (Å²) in [5.74, 6) is 5.27. The fourth-order valence-corrected chi connectivity index (χ4v) is 4.25. The number of nitrogens with zero attached hydrogens (tertiary/aromatic N) is 1. The molecule has 4 nitrogen and oxygen atoms in total. The smallest absolute Gasteiger partial charge is 0.191 e. The van der Waals surface area contributed by atoms with Crippen molar-refractivity contribution in [3.63, 3.8) is 0 Å². The third-order valence-corrected chi connectivity index (χ3v) is 5.44. The summed E-state index contributed by atoms with van der Waals surface area (Å²) in [4.78, 5) is 4.39. The Bertz CT molecular complexity index is 514. The normalized spacial score (nSPS) is 22.6. The standard InChI is InChI=1S/C17H25N3OS/c1-18-17(19-12-13-7-10-22-11-8-13)20-15-6-9-21-16-5-3-2-4-14(15)16/h2-5,13,15H,6-12H2,1H3,(H2,18,19,20). The van der Waals surface area contributed by atoms with Gasteiger partial charge in [-0.05, 0) is 36.3 Å². The van der Waals surface area contributed by atoms with Crippen LogP contribution in [0.5, 0.6) is 5.75 Å². The summed E-state index contributed by atoms with van der Waals surface area (Å²) in [6.45, 7) is 1.77. The van der Waals surface area contributed by atoms with E-state index in [2.05, 4.69) is 39.5 Å². The molecule has 2 aliphatic heterocycles. The van der Waals surface area contributed by atoms with E-state index in [1.165, 1.54) is 29.9 Å². The van der Waals surface area contributed by atoms with Crippen LogP contribution >= 0.6 is 11.8 Å². The number of para-hydroxylation sites is 1. The maximum atomic E-state index is 5.72. The van der Waals surface area contributed by atoms with Crippen LogP contribution in [-0.2, 0) is 0 Å². The molecule has 0 radical (unpaired) electrons. The molecule has 0 spiro atoms. The van der Waals surface area contributed by atoms with Gasteiger partial charge < -0.3 is 15.4 Å². The van der Waals surface area contributed by atoms with Gasteiger partial charge in [-0.25, -0.2) is 0 Å². The maximum Gasteiger partial charge on any atom is 0.191 e. The van der Waals surface area contributed by atoms with Gasteiger partial charge in [0.05, 0.1) is 12.6 Å². The summed E-state index contributed by atoms with van der Waals surface area (Å²) in [6.07, 6.45) is 3.60. The van der Waals surface area contributed by atoms with Gasteiger partial charge in [-0.15, -0.1) is 0 Å². The number of hydrogen-bond acceptors (Lipinski definition) is 3. The molecule has 1 aromatic carbocycles. The van der Waals surface area contributed by atoms with E-state index >= 15 is 0 Å². The highest BCUT2D eigenvalue weighted by Gasteiger charge is 2.22. The minimum atomic E-state index is 0.276. The zero-order valence-corrected chi connectivity index (χ0v) is 14.0. The molecule has 1 fully saturated rings. The van der Waals surface area contributed by atoms with Crippen LogP contribution in [0, 0.1) is 5.92 Å². The largest absolute Gasteiger partial charge is 0.493 e. The van der Waals surface area contributed by atoms with Crippen LogP contribution in [0.4, 0.5) is 0 Å². The van der Waals surface area contributed by atoms with Crippen molar-refractivity contribution in [1.82, 2.24) is 10.6 Å². The topological polar surface area (TPSA) is 45.7 Å². The van der Waals surface area contributed by atoms with Crippen molar-refractivity contribution in [3.8, 4) is 5.75 Å². The highest BCUT2D eigenvalue weighted by molar-refractivity contribution is 7.99. The van der Waals surface area contributed by atoms with E-state index in [-0.39, 0.29) is 6.04 Å². The fraction of sp³-hybridized carbons (Fsp3) is 0.588. The molecule has 1 saturated heterocycles. The Balaban J connectivity index is 1.57. The molecule has 1 aromatic rings. The summed E-state index contributed by atoms with van der Waals surface area (Å²) in [6, 6.07) is 8.54. The molecule has 0 bridgehead atoms. The van der Waals surface area contributed by atoms with Crippen molar-refractivity contribution in [2.75, 3.05) is 31.7 Å². The molecule has 0 saturated carbocycles. The number of guanidine groups is 1. The van der Waals surface area contributed by atoms with E-state index in [0.29, 0.717) is 0 Å². The molecule has 0 aliphatic carbocycles. The van der Waals surface area contributed by atoms with E-state index < -0.39 is 0 Å². The Morgan fingerprint density at radius 3 is 2.91 bits per heavy atom. The van der Waals surface area contributed by atoms with Gasteiger partial charge >= 0.3 is 0 Å².